The van der Waals surface area contributed by atoms with E-state index in [-0.39, 0.29) is 12.3 Å². The van der Waals surface area contributed by atoms with Crippen molar-refractivity contribution >= 4 is 11.9 Å². The second-order valence-electron chi connectivity index (χ2n) is 4.40. The summed E-state index contributed by atoms with van der Waals surface area (Å²) >= 11 is 0. The number of carboxylic acids is 1. The van der Waals surface area contributed by atoms with Gasteiger partial charge in [-0.05, 0) is 11.1 Å². The van der Waals surface area contributed by atoms with Crippen LogP contribution in [0.4, 0.5) is 0 Å². The normalized spacial score (nSPS) is 16.3. The molecule has 0 radical (unpaired) electrons. The summed E-state index contributed by atoms with van der Waals surface area (Å²) in [7, 11) is 0. The zero-order valence-corrected chi connectivity index (χ0v) is 10.1. The number of nitrogens with one attached hydrogen (secondary N) is 1. The molecule has 2 N–H and O–H groups in total. The monoisotopic (exact) mass is 248 g/mol. The molecule has 1 aliphatic heterocycles. The fourth-order valence-electron chi connectivity index (χ4n) is 2.11. The fourth-order valence-corrected chi connectivity index (χ4v) is 2.11. The molecule has 0 aromatic heterocycles. The lowest BCUT2D eigenvalue weighted by Gasteiger charge is -2.27. The van der Waals surface area contributed by atoms with Gasteiger partial charge in [-0.2, -0.15) is 0 Å². The maximum absolute atomic E-state index is 11.3. The summed E-state index contributed by atoms with van der Waals surface area (Å²) in [5.74, 6) is -0.809. The second kappa shape index (κ2) is 5.64. The van der Waals surface area contributed by atoms with Crippen molar-refractivity contribution in [2.45, 2.75) is 13.0 Å². The summed E-state index contributed by atoms with van der Waals surface area (Å²) in [6, 6.07) is 7.48. The van der Waals surface area contributed by atoms with Gasteiger partial charge in [0.15, 0.2) is 0 Å². The standard InChI is InChI=1S/C13H16N2O3/c16-12-9-15(6-5-14-12)8-11-4-2-1-3-10(11)7-13(17)18/h1-4H,5-9H2,(H,14,16)(H,17,18). The molecule has 1 saturated heterocycles. The van der Waals surface area contributed by atoms with Crippen molar-refractivity contribution in [3.8, 4) is 0 Å². The Hall–Kier alpha value is -1.88. The number of carboxylic acid groups (broad SMARTS) is 1. The third-order valence-electron chi connectivity index (χ3n) is 2.97. The average molecular weight is 248 g/mol. The molecule has 0 unspecified atom stereocenters. The van der Waals surface area contributed by atoms with Gasteiger partial charge in [0.2, 0.25) is 5.91 Å². The van der Waals surface area contributed by atoms with E-state index in [1.807, 2.05) is 29.2 Å². The third-order valence-corrected chi connectivity index (χ3v) is 2.97. The highest BCUT2D eigenvalue weighted by Gasteiger charge is 2.17. The summed E-state index contributed by atoms with van der Waals surface area (Å²) in [5, 5.41) is 11.6. The number of hydrogen-bond donors (Lipinski definition) is 2. The highest BCUT2D eigenvalue weighted by atomic mass is 16.4. The molecule has 0 bridgehead atoms. The maximum Gasteiger partial charge on any atom is 0.307 e. The van der Waals surface area contributed by atoms with Crippen LogP contribution in [-0.2, 0) is 22.6 Å². The predicted octanol–water partition coefficient (Wildman–Crippen LogP) is 0.246. The SMILES string of the molecule is O=C(O)Cc1ccccc1CN1CCNC(=O)C1. The van der Waals surface area contributed by atoms with Crippen molar-refractivity contribution in [2.75, 3.05) is 19.6 Å². The molecule has 96 valence electrons. The van der Waals surface area contributed by atoms with Gasteiger partial charge in [-0.3, -0.25) is 14.5 Å². The first-order valence-corrected chi connectivity index (χ1v) is 5.93. The summed E-state index contributed by atoms with van der Waals surface area (Å²) in [6.45, 7) is 2.45. The van der Waals surface area contributed by atoms with Crippen molar-refractivity contribution in [3.63, 3.8) is 0 Å². The molecule has 1 heterocycles. The van der Waals surface area contributed by atoms with Crippen molar-refractivity contribution < 1.29 is 14.7 Å². The number of benzene rings is 1. The molecule has 0 saturated carbocycles. The lowest BCUT2D eigenvalue weighted by Crippen LogP contribution is -2.47. The first-order valence-electron chi connectivity index (χ1n) is 5.93. The highest BCUT2D eigenvalue weighted by Crippen LogP contribution is 2.13. The topological polar surface area (TPSA) is 69.6 Å². The lowest BCUT2D eigenvalue weighted by atomic mass is 10.0. The van der Waals surface area contributed by atoms with Crippen LogP contribution < -0.4 is 5.32 Å². The minimum Gasteiger partial charge on any atom is -0.481 e. The minimum atomic E-state index is -0.834. The van der Waals surface area contributed by atoms with E-state index in [1.165, 1.54) is 0 Å². The van der Waals surface area contributed by atoms with Crippen molar-refractivity contribution in [2.24, 2.45) is 0 Å². The Kier molecular flexibility index (Phi) is 3.94. The Bertz CT molecular complexity index is 459. The van der Waals surface area contributed by atoms with Crippen LogP contribution in [0.1, 0.15) is 11.1 Å². The number of piperazine rings is 1. The van der Waals surface area contributed by atoms with E-state index >= 15 is 0 Å². The molecule has 5 nitrogen and oxygen atoms in total. The second-order valence-corrected chi connectivity index (χ2v) is 4.40. The Morgan fingerprint density at radius 3 is 2.72 bits per heavy atom. The molecule has 2 rings (SSSR count). The molecule has 1 amide bonds. The zero-order valence-electron chi connectivity index (χ0n) is 10.1. The maximum atomic E-state index is 11.3. The van der Waals surface area contributed by atoms with Gasteiger partial charge < -0.3 is 10.4 Å². The molecule has 5 heteroatoms. The van der Waals surface area contributed by atoms with Crippen molar-refractivity contribution in [1.29, 1.82) is 0 Å². The number of amides is 1. The average Bonchev–Trinajstić information content (AvgIpc) is 2.31. The van der Waals surface area contributed by atoms with Crippen molar-refractivity contribution in [3.05, 3.63) is 35.4 Å². The lowest BCUT2D eigenvalue weighted by molar-refractivity contribution is -0.136. The summed E-state index contributed by atoms with van der Waals surface area (Å²) in [4.78, 5) is 24.1. The van der Waals surface area contributed by atoms with Gasteiger partial charge >= 0.3 is 5.97 Å². The Morgan fingerprint density at radius 1 is 1.33 bits per heavy atom. The number of aliphatic carboxylic acids is 1. The van der Waals surface area contributed by atoms with Crippen molar-refractivity contribution in [1.82, 2.24) is 10.2 Å². The molecule has 1 aliphatic rings. The van der Waals surface area contributed by atoms with E-state index in [1.54, 1.807) is 0 Å². The summed E-state index contributed by atoms with van der Waals surface area (Å²) < 4.78 is 0. The van der Waals surface area contributed by atoms with Crippen LogP contribution in [0.25, 0.3) is 0 Å². The molecule has 1 fully saturated rings. The Labute approximate surface area is 105 Å². The van der Waals surface area contributed by atoms with Gasteiger partial charge in [-0.15, -0.1) is 0 Å². The first kappa shape index (κ1) is 12.6. The van der Waals surface area contributed by atoms with E-state index in [9.17, 15) is 9.59 Å². The molecule has 0 atom stereocenters. The van der Waals surface area contributed by atoms with E-state index in [2.05, 4.69) is 5.32 Å². The van der Waals surface area contributed by atoms with Crippen LogP contribution >= 0.6 is 0 Å². The largest absolute Gasteiger partial charge is 0.481 e. The Balaban J connectivity index is 2.08. The molecular formula is C13H16N2O3. The molecule has 1 aromatic carbocycles. The smallest absolute Gasteiger partial charge is 0.307 e. The summed E-state index contributed by atoms with van der Waals surface area (Å²) in [5.41, 5.74) is 1.80. The van der Waals surface area contributed by atoms with Gasteiger partial charge in [0.25, 0.3) is 0 Å². The van der Waals surface area contributed by atoms with Gasteiger partial charge in [0.05, 0.1) is 13.0 Å². The fraction of sp³-hybridized carbons (Fsp3) is 0.385. The quantitative estimate of drug-likeness (QED) is 0.801. The van der Waals surface area contributed by atoms with Gasteiger partial charge in [-0.1, -0.05) is 24.3 Å². The van der Waals surface area contributed by atoms with Gasteiger partial charge in [0, 0.05) is 19.6 Å². The molecular weight excluding hydrogens is 232 g/mol. The van der Waals surface area contributed by atoms with Gasteiger partial charge in [0.1, 0.15) is 0 Å². The number of carbonyl (C=O) groups is 2. The Morgan fingerprint density at radius 2 is 2.06 bits per heavy atom. The van der Waals surface area contributed by atoms with E-state index < -0.39 is 5.97 Å². The number of nitrogens with zero attached hydrogens (tertiary/aromatic N) is 1. The molecule has 0 aliphatic carbocycles. The minimum absolute atomic E-state index is 0.0240. The van der Waals surface area contributed by atoms with Crippen LogP contribution in [0.3, 0.4) is 0 Å². The van der Waals surface area contributed by atoms with Crippen LogP contribution in [0.5, 0.6) is 0 Å². The van der Waals surface area contributed by atoms with E-state index in [0.717, 1.165) is 17.7 Å². The zero-order chi connectivity index (χ0) is 13.0. The van der Waals surface area contributed by atoms with E-state index in [0.29, 0.717) is 19.6 Å². The van der Waals surface area contributed by atoms with Gasteiger partial charge in [-0.25, -0.2) is 0 Å². The third kappa shape index (κ3) is 3.30. The van der Waals surface area contributed by atoms with Crippen LogP contribution in [0, 0.1) is 0 Å². The first-order chi connectivity index (χ1) is 8.65. The number of rotatable bonds is 4. The van der Waals surface area contributed by atoms with Crippen LogP contribution in [-0.4, -0.2) is 41.5 Å². The van der Waals surface area contributed by atoms with Crippen LogP contribution in [0.2, 0.25) is 0 Å². The summed E-state index contributed by atoms with van der Waals surface area (Å²) in [6.07, 6.45) is 0.0240. The molecule has 0 spiro atoms. The highest BCUT2D eigenvalue weighted by molar-refractivity contribution is 5.78. The van der Waals surface area contributed by atoms with E-state index in [4.69, 9.17) is 5.11 Å². The molecule has 1 aromatic rings. The number of carbonyl (C=O) groups excluding carboxylic acids is 1. The predicted molar refractivity (Wildman–Crippen MR) is 66.1 cm³/mol. The molecule has 18 heavy (non-hydrogen) atoms. The number of hydrogen-bond acceptors (Lipinski definition) is 3. The van der Waals surface area contributed by atoms with Crippen LogP contribution in [0.15, 0.2) is 24.3 Å².